The number of benzene rings is 2. The van der Waals surface area contributed by atoms with Gasteiger partial charge in [0.25, 0.3) is 0 Å². The molecule has 5 atom stereocenters. The van der Waals surface area contributed by atoms with Crippen molar-refractivity contribution in [2.45, 2.75) is 50.5 Å². The van der Waals surface area contributed by atoms with Crippen molar-refractivity contribution in [3.05, 3.63) is 59.0 Å². The summed E-state index contributed by atoms with van der Waals surface area (Å²) in [6, 6.07) is 10.3. The first kappa shape index (κ1) is 27.6. The highest BCUT2D eigenvalue weighted by atomic mass is 16.7. The zero-order valence-corrected chi connectivity index (χ0v) is 20.9. The van der Waals surface area contributed by atoms with E-state index in [9.17, 15) is 35.1 Å². The number of phenols is 1. The van der Waals surface area contributed by atoms with Crippen LogP contribution in [0.5, 0.6) is 11.5 Å². The third kappa shape index (κ3) is 5.52. The predicted octanol–water partition coefficient (Wildman–Crippen LogP) is 1.44. The van der Waals surface area contributed by atoms with Gasteiger partial charge in [-0.15, -0.1) is 0 Å². The summed E-state index contributed by atoms with van der Waals surface area (Å²) in [7, 11) is 0. The van der Waals surface area contributed by atoms with Crippen LogP contribution in [0.15, 0.2) is 57.9 Å². The standard InChI is InChI=1S/C27H31NO10/c1-14(2)9-10-28-13-27(35)24(32)22(31)23(25(33)34)38-26(27)37-17-7-8-18-20(11-17)36-12-19(21(18)30)15-3-5-16(29)6-4-15/h3-8,11-12,14,22-24,26,28-29,31-32,35H,9-10,13H2,1-2H3,(H,33,34)/t22-,23+,24+,26-,27-/m1/s1. The molecule has 1 saturated heterocycles. The van der Waals surface area contributed by atoms with E-state index in [0.717, 1.165) is 6.42 Å². The predicted molar refractivity (Wildman–Crippen MR) is 136 cm³/mol. The van der Waals surface area contributed by atoms with Gasteiger partial charge in [0.15, 0.2) is 17.1 Å². The largest absolute Gasteiger partial charge is 0.508 e. The van der Waals surface area contributed by atoms with Gasteiger partial charge in [0, 0.05) is 12.6 Å². The van der Waals surface area contributed by atoms with Crippen LogP contribution in [0.2, 0.25) is 0 Å². The Balaban J connectivity index is 1.62. The van der Waals surface area contributed by atoms with E-state index in [-0.39, 0.29) is 40.0 Å². The number of rotatable bonds is 9. The van der Waals surface area contributed by atoms with Crippen LogP contribution in [0, 0.1) is 5.92 Å². The Hall–Kier alpha value is -3.48. The van der Waals surface area contributed by atoms with Crippen molar-refractivity contribution >= 4 is 16.9 Å². The van der Waals surface area contributed by atoms with Crippen LogP contribution in [0.4, 0.5) is 0 Å². The minimum absolute atomic E-state index is 0.0588. The quantitative estimate of drug-likeness (QED) is 0.221. The van der Waals surface area contributed by atoms with Crippen molar-refractivity contribution in [1.82, 2.24) is 5.32 Å². The summed E-state index contributed by atoms with van der Waals surface area (Å²) < 4.78 is 16.9. The highest BCUT2D eigenvalue weighted by Crippen LogP contribution is 2.33. The summed E-state index contributed by atoms with van der Waals surface area (Å²) in [5.41, 5.74) is -1.55. The Bertz CT molecular complexity index is 1340. The molecule has 2 heterocycles. The molecule has 11 nitrogen and oxygen atoms in total. The Labute approximate surface area is 217 Å². The van der Waals surface area contributed by atoms with Gasteiger partial charge in [-0.05, 0) is 48.7 Å². The Morgan fingerprint density at radius 2 is 1.87 bits per heavy atom. The summed E-state index contributed by atoms with van der Waals surface area (Å²) in [5, 5.41) is 54.5. The first-order chi connectivity index (χ1) is 18.0. The number of ether oxygens (including phenoxy) is 2. The number of hydrogen-bond acceptors (Lipinski definition) is 10. The van der Waals surface area contributed by atoms with Crippen molar-refractivity contribution in [2.24, 2.45) is 5.92 Å². The average molecular weight is 530 g/mol. The van der Waals surface area contributed by atoms with Crippen LogP contribution in [0.1, 0.15) is 20.3 Å². The van der Waals surface area contributed by atoms with Crippen LogP contribution in [-0.4, -0.2) is 74.8 Å². The Morgan fingerprint density at radius 1 is 1.16 bits per heavy atom. The van der Waals surface area contributed by atoms with Gasteiger partial charge < -0.3 is 44.7 Å². The normalized spacial score (nSPS) is 25.5. The number of carboxylic acids is 1. The molecule has 11 heteroatoms. The SMILES string of the molecule is CC(C)CCNC[C@]1(O)[C@H](Oc2ccc3c(=O)c(-c4ccc(O)cc4)coc3c2)O[C@H](C(=O)O)[C@@H](O)[C@@H]1O. The number of aliphatic hydroxyl groups is 3. The molecule has 0 amide bonds. The van der Waals surface area contributed by atoms with Gasteiger partial charge in [-0.2, -0.15) is 0 Å². The summed E-state index contributed by atoms with van der Waals surface area (Å²) in [6.45, 7) is 4.28. The molecule has 3 aromatic rings. The maximum absolute atomic E-state index is 13.0. The molecule has 38 heavy (non-hydrogen) atoms. The number of aliphatic carboxylic acids is 1. The number of aliphatic hydroxyl groups excluding tert-OH is 2. The van der Waals surface area contributed by atoms with Gasteiger partial charge in [0.2, 0.25) is 6.29 Å². The van der Waals surface area contributed by atoms with Crippen molar-refractivity contribution in [3.8, 4) is 22.6 Å². The topological polar surface area (TPSA) is 179 Å². The lowest BCUT2D eigenvalue weighted by atomic mass is 9.86. The molecule has 1 fully saturated rings. The third-order valence-electron chi connectivity index (χ3n) is 6.54. The summed E-state index contributed by atoms with van der Waals surface area (Å²) in [6.07, 6.45) is -5.30. The van der Waals surface area contributed by atoms with Crippen LogP contribution < -0.4 is 15.5 Å². The molecule has 6 N–H and O–H groups in total. The van der Waals surface area contributed by atoms with Gasteiger partial charge >= 0.3 is 5.97 Å². The second-order valence-corrected chi connectivity index (χ2v) is 9.81. The maximum atomic E-state index is 13.0. The van der Waals surface area contributed by atoms with E-state index < -0.39 is 36.2 Å². The lowest BCUT2D eigenvalue weighted by Crippen LogP contribution is -2.71. The van der Waals surface area contributed by atoms with E-state index in [0.29, 0.717) is 18.0 Å². The molecule has 4 rings (SSSR count). The summed E-state index contributed by atoms with van der Waals surface area (Å²) in [5.74, 6) is -1.04. The fraction of sp³-hybridized carbons (Fsp3) is 0.407. The van der Waals surface area contributed by atoms with Gasteiger partial charge in [0.1, 0.15) is 35.6 Å². The zero-order valence-electron chi connectivity index (χ0n) is 20.9. The number of aromatic hydroxyl groups is 1. The Morgan fingerprint density at radius 3 is 2.53 bits per heavy atom. The van der Waals surface area contributed by atoms with Gasteiger partial charge in [-0.1, -0.05) is 26.0 Å². The van der Waals surface area contributed by atoms with Crippen LogP contribution in [0.3, 0.4) is 0 Å². The van der Waals surface area contributed by atoms with E-state index >= 15 is 0 Å². The average Bonchev–Trinajstić information content (AvgIpc) is 2.88. The second-order valence-electron chi connectivity index (χ2n) is 9.81. The van der Waals surface area contributed by atoms with Crippen LogP contribution in [-0.2, 0) is 9.53 Å². The first-order valence-corrected chi connectivity index (χ1v) is 12.2. The minimum atomic E-state index is -2.21. The molecule has 1 aromatic heterocycles. The molecule has 0 unspecified atom stereocenters. The summed E-state index contributed by atoms with van der Waals surface area (Å²) in [4.78, 5) is 24.7. The van der Waals surface area contributed by atoms with Crippen molar-refractivity contribution < 1.29 is 44.2 Å². The minimum Gasteiger partial charge on any atom is -0.508 e. The molecular formula is C27H31NO10. The lowest BCUT2D eigenvalue weighted by Gasteiger charge is -2.46. The van der Waals surface area contributed by atoms with Crippen LogP contribution >= 0.6 is 0 Å². The fourth-order valence-electron chi connectivity index (χ4n) is 4.28. The molecule has 0 bridgehead atoms. The number of phenolic OH excluding ortho intramolecular Hbond substituents is 1. The monoisotopic (exact) mass is 529 g/mol. The highest BCUT2D eigenvalue weighted by Gasteiger charge is 2.58. The summed E-state index contributed by atoms with van der Waals surface area (Å²) >= 11 is 0. The molecule has 0 spiro atoms. The number of nitrogens with one attached hydrogen (secondary N) is 1. The van der Waals surface area contributed by atoms with E-state index in [2.05, 4.69) is 5.32 Å². The lowest BCUT2D eigenvalue weighted by molar-refractivity contribution is -0.311. The van der Waals surface area contributed by atoms with Crippen molar-refractivity contribution in [1.29, 1.82) is 0 Å². The molecule has 1 aliphatic rings. The zero-order chi connectivity index (χ0) is 27.6. The maximum Gasteiger partial charge on any atom is 0.335 e. The molecule has 1 aliphatic heterocycles. The number of carboxylic acid groups (broad SMARTS) is 1. The van der Waals surface area contributed by atoms with E-state index in [1.807, 2.05) is 13.8 Å². The van der Waals surface area contributed by atoms with E-state index in [4.69, 9.17) is 13.9 Å². The van der Waals surface area contributed by atoms with Gasteiger partial charge in [-0.25, -0.2) is 4.79 Å². The number of fused-ring (bicyclic) bond motifs is 1. The molecular weight excluding hydrogens is 498 g/mol. The fourth-order valence-corrected chi connectivity index (χ4v) is 4.28. The molecule has 0 saturated carbocycles. The van der Waals surface area contributed by atoms with Gasteiger partial charge in [-0.3, -0.25) is 4.79 Å². The number of carbonyl (C=O) groups is 1. The molecule has 204 valence electrons. The smallest absolute Gasteiger partial charge is 0.335 e. The van der Waals surface area contributed by atoms with Crippen molar-refractivity contribution in [3.63, 3.8) is 0 Å². The van der Waals surface area contributed by atoms with Crippen molar-refractivity contribution in [2.75, 3.05) is 13.1 Å². The van der Waals surface area contributed by atoms with Gasteiger partial charge in [0.05, 0.1) is 10.9 Å². The first-order valence-electron chi connectivity index (χ1n) is 12.2. The van der Waals surface area contributed by atoms with E-state index in [1.54, 1.807) is 12.1 Å². The second kappa shape index (κ2) is 11.1. The number of hydrogen-bond donors (Lipinski definition) is 6. The third-order valence-corrected chi connectivity index (χ3v) is 6.54. The molecule has 2 aromatic carbocycles. The van der Waals surface area contributed by atoms with E-state index in [1.165, 1.54) is 36.6 Å². The van der Waals surface area contributed by atoms with Crippen LogP contribution in [0.25, 0.3) is 22.1 Å². The molecule has 0 aliphatic carbocycles. The highest BCUT2D eigenvalue weighted by molar-refractivity contribution is 5.82. The Kier molecular flexibility index (Phi) is 8.05. The molecule has 0 radical (unpaired) electrons.